The van der Waals surface area contributed by atoms with Crippen LogP contribution in [0.3, 0.4) is 0 Å². The number of hydrogen-bond donors (Lipinski definition) is 1. The Bertz CT molecular complexity index is 683. The van der Waals surface area contributed by atoms with Crippen LogP contribution in [-0.4, -0.2) is 23.3 Å². The van der Waals surface area contributed by atoms with Gasteiger partial charge in [0.1, 0.15) is 11.4 Å². The number of ether oxygens (including phenoxy) is 1. The summed E-state index contributed by atoms with van der Waals surface area (Å²) in [7, 11) is 0. The van der Waals surface area contributed by atoms with E-state index in [1.165, 1.54) is 43.2 Å². The molecule has 0 radical (unpaired) electrons. The van der Waals surface area contributed by atoms with Crippen molar-refractivity contribution in [3.63, 3.8) is 0 Å². The van der Waals surface area contributed by atoms with E-state index >= 15 is 0 Å². The molecule has 3 aliphatic rings. The van der Waals surface area contributed by atoms with Crippen LogP contribution in [0.1, 0.15) is 81.1 Å². The number of carbonyl (C=O) groups is 1. The zero-order valence-electron chi connectivity index (χ0n) is 16.8. The molecule has 1 aromatic carbocycles. The first-order valence-corrected chi connectivity index (χ1v) is 11.8. The standard InChI is InChI=1S/C23H33NO2S/c1-16-9-10-20-18(13-16)21(14-23(26-20)11-5-6-12-23)27-15-22(25)24-19-8-4-3-7-17(19)2/h9-10,13,17,19,21H,3-8,11-12,14-15H2,1-2H3,(H,24,25). The van der Waals surface area contributed by atoms with E-state index in [0.717, 1.165) is 31.4 Å². The topological polar surface area (TPSA) is 38.3 Å². The molecule has 2 aliphatic carbocycles. The van der Waals surface area contributed by atoms with Crippen LogP contribution in [0.25, 0.3) is 0 Å². The molecule has 1 aliphatic heterocycles. The lowest BCUT2D eigenvalue weighted by Gasteiger charge is -2.40. The van der Waals surface area contributed by atoms with Gasteiger partial charge in [0.25, 0.3) is 0 Å². The molecule has 2 fully saturated rings. The second kappa shape index (κ2) is 8.06. The van der Waals surface area contributed by atoms with Gasteiger partial charge in [-0.05, 0) is 57.4 Å². The van der Waals surface area contributed by atoms with Crippen LogP contribution in [0.2, 0.25) is 0 Å². The van der Waals surface area contributed by atoms with Crippen molar-refractivity contribution in [1.29, 1.82) is 0 Å². The van der Waals surface area contributed by atoms with Gasteiger partial charge in [-0.2, -0.15) is 0 Å². The van der Waals surface area contributed by atoms with Gasteiger partial charge in [0.05, 0.1) is 5.75 Å². The second-order valence-electron chi connectivity index (χ2n) is 8.97. The largest absolute Gasteiger partial charge is 0.487 e. The van der Waals surface area contributed by atoms with Crippen LogP contribution in [-0.2, 0) is 4.79 Å². The molecule has 1 heterocycles. The van der Waals surface area contributed by atoms with Crippen molar-refractivity contribution in [2.75, 3.05) is 5.75 Å². The first kappa shape index (κ1) is 19.2. The third kappa shape index (κ3) is 4.31. The number of rotatable bonds is 4. The van der Waals surface area contributed by atoms with E-state index < -0.39 is 0 Å². The summed E-state index contributed by atoms with van der Waals surface area (Å²) >= 11 is 1.82. The highest BCUT2D eigenvalue weighted by atomic mass is 32.2. The lowest BCUT2D eigenvalue weighted by atomic mass is 9.86. The SMILES string of the molecule is Cc1ccc2c(c1)C(SCC(=O)NC1CCCCC1C)CC1(CCCC1)O2. The maximum Gasteiger partial charge on any atom is 0.230 e. The number of fused-ring (bicyclic) bond motifs is 1. The zero-order valence-corrected chi connectivity index (χ0v) is 17.6. The van der Waals surface area contributed by atoms with Gasteiger partial charge in [0.15, 0.2) is 0 Å². The molecule has 1 aromatic rings. The Hall–Kier alpha value is -1.16. The van der Waals surface area contributed by atoms with Gasteiger partial charge in [-0.15, -0.1) is 11.8 Å². The molecule has 1 amide bonds. The summed E-state index contributed by atoms with van der Waals surface area (Å²) in [5.74, 6) is 2.42. The van der Waals surface area contributed by atoms with Crippen LogP contribution >= 0.6 is 11.8 Å². The molecule has 1 spiro atoms. The Morgan fingerprint density at radius 1 is 1.22 bits per heavy atom. The van der Waals surface area contributed by atoms with Gasteiger partial charge in [0, 0.05) is 23.3 Å². The summed E-state index contributed by atoms with van der Waals surface area (Å²) < 4.78 is 6.49. The normalized spacial score (nSPS) is 29.2. The van der Waals surface area contributed by atoms with Gasteiger partial charge in [0.2, 0.25) is 5.91 Å². The van der Waals surface area contributed by atoms with Crippen LogP contribution in [0, 0.1) is 12.8 Å². The summed E-state index contributed by atoms with van der Waals surface area (Å²) in [6.45, 7) is 4.41. The second-order valence-corrected chi connectivity index (χ2v) is 10.2. The maximum atomic E-state index is 12.6. The summed E-state index contributed by atoms with van der Waals surface area (Å²) in [5, 5.41) is 3.68. The van der Waals surface area contributed by atoms with Crippen molar-refractivity contribution in [1.82, 2.24) is 5.32 Å². The first-order chi connectivity index (χ1) is 13.0. The van der Waals surface area contributed by atoms with Crippen molar-refractivity contribution in [3.05, 3.63) is 29.3 Å². The minimum absolute atomic E-state index is 0.00822. The number of carbonyl (C=O) groups excluding carboxylic acids is 1. The predicted octanol–water partition coefficient (Wildman–Crippen LogP) is 5.56. The lowest BCUT2D eigenvalue weighted by molar-refractivity contribution is -0.119. The molecule has 3 unspecified atom stereocenters. The van der Waals surface area contributed by atoms with Crippen LogP contribution in [0.15, 0.2) is 18.2 Å². The molecule has 148 valence electrons. The Morgan fingerprint density at radius 2 is 2.00 bits per heavy atom. The Morgan fingerprint density at radius 3 is 2.78 bits per heavy atom. The van der Waals surface area contributed by atoms with Gasteiger partial charge < -0.3 is 10.1 Å². The smallest absolute Gasteiger partial charge is 0.230 e. The molecule has 0 aromatic heterocycles. The lowest BCUT2D eigenvalue weighted by Crippen LogP contribution is -2.42. The Balaban J connectivity index is 1.42. The van der Waals surface area contributed by atoms with E-state index in [1.54, 1.807) is 0 Å². The zero-order chi connectivity index (χ0) is 18.9. The molecular formula is C23H33NO2S. The number of aryl methyl sites for hydroxylation is 1. The summed E-state index contributed by atoms with van der Waals surface area (Å²) in [6.07, 6.45) is 10.8. The van der Waals surface area contributed by atoms with E-state index in [4.69, 9.17) is 4.74 Å². The summed E-state index contributed by atoms with van der Waals surface area (Å²) in [6, 6.07) is 6.92. The first-order valence-electron chi connectivity index (χ1n) is 10.8. The fourth-order valence-corrected chi connectivity index (χ4v) is 6.39. The Labute approximate surface area is 168 Å². The molecule has 27 heavy (non-hydrogen) atoms. The van der Waals surface area contributed by atoms with Crippen LogP contribution < -0.4 is 10.1 Å². The van der Waals surface area contributed by atoms with Gasteiger partial charge >= 0.3 is 0 Å². The highest BCUT2D eigenvalue weighted by Gasteiger charge is 2.43. The molecule has 0 bridgehead atoms. The van der Waals surface area contributed by atoms with Crippen molar-refractivity contribution in [2.24, 2.45) is 5.92 Å². The van der Waals surface area contributed by atoms with E-state index in [-0.39, 0.29) is 11.5 Å². The average molecular weight is 388 g/mol. The third-order valence-electron chi connectivity index (χ3n) is 6.78. The monoisotopic (exact) mass is 387 g/mol. The van der Waals surface area contributed by atoms with Gasteiger partial charge in [-0.25, -0.2) is 0 Å². The average Bonchev–Trinajstić information content (AvgIpc) is 3.10. The summed E-state index contributed by atoms with van der Waals surface area (Å²) in [5.41, 5.74) is 2.57. The highest BCUT2D eigenvalue weighted by Crippen LogP contribution is 2.51. The number of nitrogens with one attached hydrogen (secondary N) is 1. The van der Waals surface area contributed by atoms with Crippen molar-refractivity contribution < 1.29 is 9.53 Å². The fourth-order valence-electron chi connectivity index (χ4n) is 5.16. The number of thioether (sulfide) groups is 1. The minimum Gasteiger partial charge on any atom is -0.487 e. The molecular weight excluding hydrogens is 354 g/mol. The number of benzene rings is 1. The summed E-state index contributed by atoms with van der Waals surface area (Å²) in [4.78, 5) is 12.6. The van der Waals surface area contributed by atoms with E-state index in [9.17, 15) is 4.79 Å². The predicted molar refractivity (Wildman–Crippen MR) is 112 cm³/mol. The van der Waals surface area contributed by atoms with E-state index in [2.05, 4.69) is 37.4 Å². The van der Waals surface area contributed by atoms with Crippen molar-refractivity contribution in [3.8, 4) is 5.75 Å². The fraction of sp³-hybridized carbons (Fsp3) is 0.696. The minimum atomic E-state index is 0.00822. The third-order valence-corrected chi connectivity index (χ3v) is 8.04. The Kier molecular flexibility index (Phi) is 5.73. The highest BCUT2D eigenvalue weighted by molar-refractivity contribution is 8.00. The van der Waals surface area contributed by atoms with Crippen LogP contribution in [0.4, 0.5) is 0 Å². The molecule has 4 rings (SSSR count). The molecule has 2 saturated carbocycles. The maximum absolute atomic E-state index is 12.6. The molecule has 4 heteroatoms. The van der Waals surface area contributed by atoms with Gasteiger partial charge in [-0.3, -0.25) is 4.79 Å². The number of hydrogen-bond acceptors (Lipinski definition) is 3. The molecule has 3 nitrogen and oxygen atoms in total. The quantitative estimate of drug-likeness (QED) is 0.735. The number of amides is 1. The molecule has 0 saturated heterocycles. The van der Waals surface area contributed by atoms with E-state index in [1.807, 2.05) is 11.8 Å². The van der Waals surface area contributed by atoms with Gasteiger partial charge in [-0.1, -0.05) is 37.5 Å². The van der Waals surface area contributed by atoms with Crippen molar-refractivity contribution >= 4 is 17.7 Å². The van der Waals surface area contributed by atoms with E-state index in [0.29, 0.717) is 23.0 Å². The molecule has 3 atom stereocenters. The van der Waals surface area contributed by atoms with Crippen molar-refractivity contribution in [2.45, 2.75) is 88.5 Å². The molecule has 1 N–H and O–H groups in total. The van der Waals surface area contributed by atoms with Crippen LogP contribution in [0.5, 0.6) is 5.75 Å².